The van der Waals surface area contributed by atoms with Gasteiger partial charge in [0.25, 0.3) is 0 Å². The zero-order chi connectivity index (χ0) is 18.4. The SMILES string of the molecule is CC(C)NS(=O)(=O)Cc1ccccc1CNC(=O)C[C@@H]1CCC[C@H]1N. The van der Waals surface area contributed by atoms with E-state index >= 15 is 0 Å². The predicted molar refractivity (Wildman–Crippen MR) is 99.1 cm³/mol. The summed E-state index contributed by atoms with van der Waals surface area (Å²) in [6.07, 6.45) is 3.52. The third-order valence-corrected chi connectivity index (χ3v) is 6.04. The van der Waals surface area contributed by atoms with Crippen molar-refractivity contribution in [3.05, 3.63) is 35.4 Å². The van der Waals surface area contributed by atoms with Crippen LogP contribution in [0, 0.1) is 5.92 Å². The Labute approximate surface area is 150 Å². The van der Waals surface area contributed by atoms with E-state index in [0.717, 1.165) is 24.8 Å². The molecule has 140 valence electrons. The van der Waals surface area contributed by atoms with Crippen LogP contribution in [0.1, 0.15) is 50.7 Å². The van der Waals surface area contributed by atoms with Gasteiger partial charge in [-0.15, -0.1) is 0 Å². The minimum Gasteiger partial charge on any atom is -0.352 e. The van der Waals surface area contributed by atoms with Gasteiger partial charge in [-0.2, -0.15) is 0 Å². The van der Waals surface area contributed by atoms with Gasteiger partial charge < -0.3 is 11.1 Å². The van der Waals surface area contributed by atoms with Gasteiger partial charge in [0.15, 0.2) is 0 Å². The lowest BCUT2D eigenvalue weighted by Gasteiger charge is -2.16. The van der Waals surface area contributed by atoms with Crippen LogP contribution < -0.4 is 15.8 Å². The lowest BCUT2D eigenvalue weighted by Crippen LogP contribution is -2.32. The van der Waals surface area contributed by atoms with Gasteiger partial charge in [0.1, 0.15) is 0 Å². The maximum Gasteiger partial charge on any atom is 0.220 e. The molecule has 1 aromatic carbocycles. The highest BCUT2D eigenvalue weighted by atomic mass is 32.2. The summed E-state index contributed by atoms with van der Waals surface area (Å²) < 4.78 is 26.9. The zero-order valence-electron chi connectivity index (χ0n) is 15.0. The van der Waals surface area contributed by atoms with Crippen molar-refractivity contribution in [1.82, 2.24) is 10.0 Å². The second kappa shape index (κ2) is 8.78. The van der Waals surface area contributed by atoms with Gasteiger partial charge in [-0.3, -0.25) is 4.79 Å². The number of nitrogens with two attached hydrogens (primary N) is 1. The van der Waals surface area contributed by atoms with Crippen molar-refractivity contribution in [2.24, 2.45) is 11.7 Å². The van der Waals surface area contributed by atoms with Crippen LogP contribution in [0.5, 0.6) is 0 Å². The normalized spacial score (nSPS) is 20.8. The Morgan fingerprint density at radius 3 is 2.52 bits per heavy atom. The second-order valence-corrected chi connectivity index (χ2v) is 8.89. The number of sulfonamides is 1. The van der Waals surface area contributed by atoms with Crippen LogP contribution in [-0.4, -0.2) is 26.4 Å². The molecule has 0 radical (unpaired) electrons. The quantitative estimate of drug-likeness (QED) is 0.650. The monoisotopic (exact) mass is 367 g/mol. The third-order valence-electron chi connectivity index (χ3n) is 4.52. The number of rotatable bonds is 8. The number of carbonyl (C=O) groups excluding carboxylic acids is 1. The number of benzene rings is 1. The van der Waals surface area contributed by atoms with E-state index in [0.29, 0.717) is 18.5 Å². The number of nitrogens with one attached hydrogen (secondary N) is 2. The van der Waals surface area contributed by atoms with Crippen molar-refractivity contribution in [1.29, 1.82) is 0 Å². The second-order valence-electron chi connectivity index (χ2n) is 7.14. The van der Waals surface area contributed by atoms with Crippen molar-refractivity contribution < 1.29 is 13.2 Å². The average Bonchev–Trinajstić information content (AvgIpc) is 2.90. The van der Waals surface area contributed by atoms with Crippen molar-refractivity contribution >= 4 is 15.9 Å². The summed E-state index contributed by atoms with van der Waals surface area (Å²) in [6.45, 7) is 3.91. The molecule has 0 heterocycles. The molecule has 1 aliphatic rings. The van der Waals surface area contributed by atoms with Crippen molar-refractivity contribution in [3.63, 3.8) is 0 Å². The smallest absolute Gasteiger partial charge is 0.220 e. The number of hydrogen-bond acceptors (Lipinski definition) is 4. The van der Waals surface area contributed by atoms with Crippen LogP contribution in [0.2, 0.25) is 0 Å². The molecule has 1 saturated carbocycles. The zero-order valence-corrected chi connectivity index (χ0v) is 15.8. The topological polar surface area (TPSA) is 101 Å². The van der Waals surface area contributed by atoms with Crippen LogP contribution in [0.3, 0.4) is 0 Å². The summed E-state index contributed by atoms with van der Waals surface area (Å²) in [4.78, 5) is 12.2. The van der Waals surface area contributed by atoms with Crippen LogP contribution >= 0.6 is 0 Å². The van der Waals surface area contributed by atoms with Crippen molar-refractivity contribution in [2.75, 3.05) is 0 Å². The van der Waals surface area contributed by atoms with Crippen molar-refractivity contribution in [2.45, 2.75) is 63.9 Å². The molecule has 4 N–H and O–H groups in total. The van der Waals surface area contributed by atoms with Crippen LogP contribution in [0.4, 0.5) is 0 Å². The highest BCUT2D eigenvalue weighted by Gasteiger charge is 2.26. The van der Waals surface area contributed by atoms with E-state index in [2.05, 4.69) is 10.0 Å². The molecule has 0 aromatic heterocycles. The molecule has 2 rings (SSSR count). The number of hydrogen-bond donors (Lipinski definition) is 3. The Kier molecular flexibility index (Phi) is 6.98. The Balaban J connectivity index is 1.95. The highest BCUT2D eigenvalue weighted by molar-refractivity contribution is 7.88. The average molecular weight is 368 g/mol. The Morgan fingerprint density at radius 1 is 1.24 bits per heavy atom. The molecule has 7 heteroatoms. The molecule has 25 heavy (non-hydrogen) atoms. The van der Waals surface area contributed by atoms with Gasteiger partial charge in [-0.25, -0.2) is 13.1 Å². The van der Waals surface area contributed by atoms with E-state index in [1.54, 1.807) is 19.9 Å². The molecule has 1 aromatic rings. The fourth-order valence-corrected chi connectivity index (χ4v) is 4.79. The van der Waals surface area contributed by atoms with Crippen LogP contribution in [-0.2, 0) is 27.1 Å². The Morgan fingerprint density at radius 2 is 1.92 bits per heavy atom. The van der Waals surface area contributed by atoms with Gasteiger partial charge in [-0.05, 0) is 43.7 Å². The molecule has 1 amide bonds. The van der Waals surface area contributed by atoms with Crippen LogP contribution in [0.25, 0.3) is 0 Å². The third kappa shape index (κ3) is 6.41. The minimum atomic E-state index is -3.40. The summed E-state index contributed by atoms with van der Waals surface area (Å²) in [6, 6.07) is 7.26. The number of amides is 1. The molecule has 6 nitrogen and oxygen atoms in total. The first-order valence-electron chi connectivity index (χ1n) is 8.86. The van der Waals surface area contributed by atoms with Gasteiger partial charge in [0, 0.05) is 25.0 Å². The standard InChI is InChI=1S/C18H29N3O3S/c1-13(2)21-25(23,24)12-16-7-4-3-6-15(16)11-20-18(22)10-14-8-5-9-17(14)19/h3-4,6-7,13-14,17,21H,5,8-12,19H2,1-2H3,(H,20,22)/t14-,17+/m0/s1. The molecule has 1 fully saturated rings. The summed E-state index contributed by atoms with van der Waals surface area (Å²) in [5, 5.41) is 2.90. The van der Waals surface area contributed by atoms with E-state index in [1.165, 1.54) is 0 Å². The first-order valence-corrected chi connectivity index (χ1v) is 10.5. The minimum absolute atomic E-state index is 0.0275. The van der Waals surface area contributed by atoms with Crippen LogP contribution in [0.15, 0.2) is 24.3 Å². The van der Waals surface area contributed by atoms with E-state index in [4.69, 9.17) is 5.73 Å². The maximum atomic E-state index is 12.2. The van der Waals surface area contributed by atoms with Gasteiger partial charge in [0.05, 0.1) is 5.75 Å². The summed E-state index contributed by atoms with van der Waals surface area (Å²) in [7, 11) is -3.40. The summed E-state index contributed by atoms with van der Waals surface area (Å²) in [5.41, 5.74) is 7.54. The van der Waals surface area contributed by atoms with Gasteiger partial charge in [-0.1, -0.05) is 30.7 Å². The lowest BCUT2D eigenvalue weighted by molar-refractivity contribution is -0.122. The van der Waals surface area contributed by atoms with E-state index in [9.17, 15) is 13.2 Å². The first-order chi connectivity index (χ1) is 11.8. The molecular weight excluding hydrogens is 338 g/mol. The number of carbonyl (C=O) groups is 1. The largest absolute Gasteiger partial charge is 0.352 e. The highest BCUT2D eigenvalue weighted by Crippen LogP contribution is 2.26. The fourth-order valence-electron chi connectivity index (χ4n) is 3.30. The Bertz CT molecular complexity index is 689. The van der Waals surface area contributed by atoms with Gasteiger partial charge in [0.2, 0.25) is 15.9 Å². The molecule has 0 aliphatic heterocycles. The van der Waals surface area contributed by atoms with Crippen molar-refractivity contribution in [3.8, 4) is 0 Å². The molecular formula is C18H29N3O3S. The molecule has 1 aliphatic carbocycles. The van der Waals surface area contributed by atoms with E-state index in [1.807, 2.05) is 18.2 Å². The first kappa shape index (κ1) is 19.9. The lowest BCUT2D eigenvalue weighted by atomic mass is 10.00. The maximum absolute atomic E-state index is 12.2. The molecule has 2 atom stereocenters. The van der Waals surface area contributed by atoms with E-state index in [-0.39, 0.29) is 29.7 Å². The molecule has 0 saturated heterocycles. The van der Waals surface area contributed by atoms with Gasteiger partial charge >= 0.3 is 0 Å². The van der Waals surface area contributed by atoms with E-state index < -0.39 is 10.0 Å². The summed E-state index contributed by atoms with van der Waals surface area (Å²) >= 11 is 0. The fraction of sp³-hybridized carbons (Fsp3) is 0.611. The Hall–Kier alpha value is -1.44. The molecule has 0 spiro atoms. The molecule has 0 bridgehead atoms. The molecule has 0 unspecified atom stereocenters. The predicted octanol–water partition coefficient (Wildman–Crippen LogP) is 1.65. The summed E-state index contributed by atoms with van der Waals surface area (Å²) in [5.74, 6) is 0.135.